The van der Waals surface area contributed by atoms with E-state index in [1.165, 1.54) is 4.31 Å². The molecule has 2 aromatic carbocycles. The lowest BCUT2D eigenvalue weighted by Crippen LogP contribution is -2.37. The second-order valence-corrected chi connectivity index (χ2v) is 9.24. The van der Waals surface area contributed by atoms with E-state index < -0.39 is 10.0 Å². The Labute approximate surface area is 172 Å². The maximum Gasteiger partial charge on any atom is 0.235 e. The highest BCUT2D eigenvalue weighted by Crippen LogP contribution is 2.32. The fraction of sp³-hybridized carbons (Fsp3) is 0.409. The Bertz CT molecular complexity index is 955. The lowest BCUT2D eigenvalue weighted by atomic mass is 10.0. The first-order valence-electron chi connectivity index (χ1n) is 9.99. The number of hydrogen-bond donors (Lipinski definition) is 1. The van der Waals surface area contributed by atoms with E-state index in [2.05, 4.69) is 5.32 Å². The van der Waals surface area contributed by atoms with Gasteiger partial charge in [-0.25, -0.2) is 8.42 Å². The molecule has 0 saturated heterocycles. The van der Waals surface area contributed by atoms with E-state index in [0.29, 0.717) is 31.5 Å². The molecule has 3 rings (SSSR count). The molecule has 0 aromatic heterocycles. The van der Waals surface area contributed by atoms with Gasteiger partial charge in [0.15, 0.2) is 0 Å². The molecular formula is C22H28N2O4S. The molecule has 0 atom stereocenters. The third kappa shape index (κ3) is 5.29. The molecule has 0 unspecified atom stereocenters. The van der Waals surface area contributed by atoms with E-state index in [-0.39, 0.29) is 11.7 Å². The number of nitrogens with zero attached hydrogens (tertiary/aromatic N) is 1. The first-order chi connectivity index (χ1) is 13.9. The number of aryl methyl sites for hydroxylation is 2. The predicted octanol–water partition coefficient (Wildman–Crippen LogP) is 3.76. The molecule has 29 heavy (non-hydrogen) atoms. The van der Waals surface area contributed by atoms with E-state index >= 15 is 0 Å². The average molecular weight is 417 g/mol. The highest BCUT2D eigenvalue weighted by molar-refractivity contribution is 7.92. The Balaban J connectivity index is 1.64. The maximum absolute atomic E-state index is 12.5. The van der Waals surface area contributed by atoms with Crippen LogP contribution in [0, 0.1) is 0 Å². The predicted molar refractivity (Wildman–Crippen MR) is 116 cm³/mol. The average Bonchev–Trinajstić information content (AvgIpc) is 2.72. The molecule has 0 bridgehead atoms. The van der Waals surface area contributed by atoms with E-state index in [9.17, 15) is 13.2 Å². The number of methoxy groups -OCH3 is 1. The van der Waals surface area contributed by atoms with E-state index in [4.69, 9.17) is 4.74 Å². The number of carbonyl (C=O) groups excluding carboxylic acids is 1. The molecule has 1 amide bonds. The molecule has 6 nitrogen and oxygen atoms in total. The van der Waals surface area contributed by atoms with Gasteiger partial charge >= 0.3 is 0 Å². The van der Waals surface area contributed by atoms with Crippen LogP contribution in [0.1, 0.15) is 37.3 Å². The van der Waals surface area contributed by atoms with Crippen molar-refractivity contribution in [2.75, 3.05) is 29.0 Å². The molecule has 0 radical (unpaired) electrons. The highest BCUT2D eigenvalue weighted by atomic mass is 32.2. The summed E-state index contributed by atoms with van der Waals surface area (Å²) < 4.78 is 31.7. The Kier molecular flexibility index (Phi) is 6.79. The van der Waals surface area contributed by atoms with Gasteiger partial charge in [0, 0.05) is 18.7 Å². The van der Waals surface area contributed by atoms with Gasteiger partial charge in [-0.2, -0.15) is 0 Å². The van der Waals surface area contributed by atoms with Crippen molar-refractivity contribution in [3.63, 3.8) is 0 Å². The third-order valence-electron chi connectivity index (χ3n) is 5.04. The minimum Gasteiger partial charge on any atom is -0.497 e. The number of fused-ring (bicyclic) bond motifs is 1. The minimum absolute atomic E-state index is 0.0629. The topological polar surface area (TPSA) is 75.7 Å². The monoisotopic (exact) mass is 416 g/mol. The van der Waals surface area contributed by atoms with Crippen molar-refractivity contribution >= 4 is 27.3 Å². The second kappa shape index (κ2) is 9.31. The van der Waals surface area contributed by atoms with Crippen molar-refractivity contribution in [2.24, 2.45) is 0 Å². The van der Waals surface area contributed by atoms with Gasteiger partial charge < -0.3 is 10.1 Å². The van der Waals surface area contributed by atoms with Crippen LogP contribution in [0.5, 0.6) is 5.75 Å². The summed E-state index contributed by atoms with van der Waals surface area (Å²) in [6.45, 7) is 2.38. The van der Waals surface area contributed by atoms with Gasteiger partial charge in [0.25, 0.3) is 0 Å². The Morgan fingerprint density at radius 1 is 1.17 bits per heavy atom. The highest BCUT2D eigenvalue weighted by Gasteiger charge is 2.26. The van der Waals surface area contributed by atoms with Gasteiger partial charge in [-0.3, -0.25) is 9.10 Å². The SMILES string of the molecule is CCCS(=O)(=O)N1CCCc2cc(NC(=O)CCc3ccc(OC)cc3)ccc21. The van der Waals surface area contributed by atoms with Gasteiger partial charge in [-0.15, -0.1) is 0 Å². The third-order valence-corrected chi connectivity index (χ3v) is 7.01. The van der Waals surface area contributed by atoms with Crippen molar-refractivity contribution in [1.29, 1.82) is 0 Å². The molecule has 156 valence electrons. The molecule has 7 heteroatoms. The number of ether oxygens (including phenoxy) is 1. The maximum atomic E-state index is 12.5. The zero-order valence-corrected chi connectivity index (χ0v) is 17.8. The van der Waals surface area contributed by atoms with Gasteiger partial charge in [-0.05, 0) is 67.1 Å². The summed E-state index contributed by atoms with van der Waals surface area (Å²) in [4.78, 5) is 12.3. The van der Waals surface area contributed by atoms with E-state index in [1.807, 2.05) is 37.3 Å². The van der Waals surface area contributed by atoms with Crippen LogP contribution >= 0.6 is 0 Å². The van der Waals surface area contributed by atoms with Crippen LogP contribution in [0.4, 0.5) is 11.4 Å². The zero-order chi connectivity index (χ0) is 20.9. The van der Waals surface area contributed by atoms with Gasteiger partial charge in [-0.1, -0.05) is 19.1 Å². The first kappa shape index (κ1) is 21.2. The molecule has 1 heterocycles. The van der Waals surface area contributed by atoms with Crippen molar-refractivity contribution in [1.82, 2.24) is 0 Å². The second-order valence-electron chi connectivity index (χ2n) is 7.23. The number of hydrogen-bond acceptors (Lipinski definition) is 4. The van der Waals surface area contributed by atoms with Crippen molar-refractivity contribution in [3.8, 4) is 5.75 Å². The summed E-state index contributed by atoms with van der Waals surface area (Å²) in [6.07, 6.45) is 3.20. The van der Waals surface area contributed by atoms with Crippen LogP contribution in [0.2, 0.25) is 0 Å². The summed E-state index contributed by atoms with van der Waals surface area (Å²) in [5, 5.41) is 2.93. The number of nitrogens with one attached hydrogen (secondary N) is 1. The smallest absolute Gasteiger partial charge is 0.235 e. The zero-order valence-electron chi connectivity index (χ0n) is 17.0. The molecule has 1 aliphatic heterocycles. The molecule has 0 aliphatic carbocycles. The van der Waals surface area contributed by atoms with Crippen LogP contribution in [-0.4, -0.2) is 33.7 Å². The number of carbonyl (C=O) groups is 1. The van der Waals surface area contributed by atoms with Crippen LogP contribution in [0.25, 0.3) is 0 Å². The number of amides is 1. The molecule has 1 aliphatic rings. The number of rotatable bonds is 8. The summed E-state index contributed by atoms with van der Waals surface area (Å²) >= 11 is 0. The van der Waals surface area contributed by atoms with Crippen LogP contribution in [-0.2, 0) is 27.7 Å². The first-order valence-corrected chi connectivity index (χ1v) is 11.6. The van der Waals surface area contributed by atoms with E-state index in [1.54, 1.807) is 19.2 Å². The molecule has 0 saturated carbocycles. The fourth-order valence-electron chi connectivity index (χ4n) is 3.57. The molecule has 1 N–H and O–H groups in total. The number of anilines is 2. The summed E-state index contributed by atoms with van der Waals surface area (Å²) in [6, 6.07) is 13.2. The van der Waals surface area contributed by atoms with E-state index in [0.717, 1.165) is 35.4 Å². The molecule has 2 aromatic rings. The molecular weight excluding hydrogens is 388 g/mol. The lowest BCUT2D eigenvalue weighted by molar-refractivity contribution is -0.116. The van der Waals surface area contributed by atoms with Gasteiger partial charge in [0.1, 0.15) is 5.75 Å². The van der Waals surface area contributed by atoms with Crippen molar-refractivity contribution < 1.29 is 17.9 Å². The quantitative estimate of drug-likeness (QED) is 0.711. The standard InChI is InChI=1S/C22H28N2O4S/c1-3-15-29(26,27)24-14-4-5-18-16-19(9-12-21(18)24)23-22(25)13-8-17-6-10-20(28-2)11-7-17/h6-7,9-12,16H,3-5,8,13-15H2,1-2H3,(H,23,25). The molecule has 0 fully saturated rings. The summed E-state index contributed by atoms with van der Waals surface area (Å²) in [7, 11) is -1.67. The Morgan fingerprint density at radius 2 is 1.93 bits per heavy atom. The van der Waals surface area contributed by atoms with Crippen molar-refractivity contribution in [3.05, 3.63) is 53.6 Å². The lowest BCUT2D eigenvalue weighted by Gasteiger charge is -2.30. The fourth-order valence-corrected chi connectivity index (χ4v) is 5.19. The number of sulfonamides is 1. The van der Waals surface area contributed by atoms with Crippen LogP contribution < -0.4 is 14.4 Å². The molecule has 0 spiro atoms. The summed E-state index contributed by atoms with van der Waals surface area (Å²) in [5.74, 6) is 0.880. The van der Waals surface area contributed by atoms with Crippen LogP contribution in [0.15, 0.2) is 42.5 Å². The largest absolute Gasteiger partial charge is 0.497 e. The van der Waals surface area contributed by atoms with Gasteiger partial charge in [0.05, 0.1) is 18.6 Å². The summed E-state index contributed by atoms with van der Waals surface area (Å²) in [5.41, 5.74) is 3.48. The minimum atomic E-state index is -3.29. The normalized spacial score (nSPS) is 13.7. The number of benzene rings is 2. The van der Waals surface area contributed by atoms with Crippen molar-refractivity contribution in [2.45, 2.75) is 39.0 Å². The van der Waals surface area contributed by atoms with Gasteiger partial charge in [0.2, 0.25) is 15.9 Å². The van der Waals surface area contributed by atoms with Crippen LogP contribution in [0.3, 0.4) is 0 Å². The Morgan fingerprint density at radius 3 is 2.62 bits per heavy atom. The Hall–Kier alpha value is -2.54.